The van der Waals surface area contributed by atoms with Crippen LogP contribution >= 0.6 is 0 Å². The molecule has 2 aromatic carbocycles. The fraction of sp³-hybridized carbons (Fsp3) is 0.535. The number of rotatable bonds is 22. The van der Waals surface area contributed by atoms with Crippen LogP contribution in [0.2, 0.25) is 0 Å². The van der Waals surface area contributed by atoms with E-state index in [0.717, 1.165) is 33.4 Å². The van der Waals surface area contributed by atoms with Gasteiger partial charge < -0.3 is 58.0 Å². The van der Waals surface area contributed by atoms with Crippen molar-refractivity contribution >= 4 is 46.0 Å². The summed E-state index contributed by atoms with van der Waals surface area (Å²) >= 11 is 0. The number of aryl methyl sites for hydroxylation is 1. The molecular weight excluding hydrogens is 881 g/mol. The third-order valence-electron chi connectivity index (χ3n) is 8.94. The summed E-state index contributed by atoms with van der Waals surface area (Å²) in [7, 11) is -2.33. The van der Waals surface area contributed by atoms with Crippen LogP contribution in [0.3, 0.4) is 0 Å². The Morgan fingerprint density at radius 2 is 1.51 bits per heavy atom. The summed E-state index contributed by atoms with van der Waals surface area (Å²) in [6.45, 7) is 7.38. The molecule has 0 radical (unpaired) electrons. The van der Waals surface area contributed by atoms with Gasteiger partial charge in [0.15, 0.2) is 18.3 Å². The van der Waals surface area contributed by atoms with Gasteiger partial charge in [-0.2, -0.15) is 8.42 Å². The largest absolute Gasteiger partial charge is 0.497 e. The Kier molecular flexibility index (Phi) is 20.1. The van der Waals surface area contributed by atoms with E-state index in [9.17, 15) is 37.2 Å². The van der Waals surface area contributed by atoms with Gasteiger partial charge in [-0.25, -0.2) is 9.59 Å². The third kappa shape index (κ3) is 16.0. The van der Waals surface area contributed by atoms with Crippen molar-refractivity contribution in [3.05, 3.63) is 59.7 Å². The third-order valence-corrected chi connectivity index (χ3v) is 10.2. The maximum atomic E-state index is 14.3. The zero-order valence-corrected chi connectivity index (χ0v) is 38.4. The number of methoxy groups -OCH3 is 2. The SMILES string of the molecule is C#CCOCCOCCO[C@@]1(C(=O)OC)O[C@@H]([C@H](OC(C)=O)[C@@H](COS(=O)(=O)c2ccc(C)cc2)OC(C)=O)[C@H](NC(=O)OC(C)(C)C)[C@@H](NC(=O)c2cccc(OC)c2)[C@@H]1OC(C)=O. The minimum absolute atomic E-state index is 0.00168. The molecule has 0 bridgehead atoms. The lowest BCUT2D eigenvalue weighted by molar-refractivity contribution is -0.337. The zero-order chi connectivity index (χ0) is 48.5. The molecule has 2 amide bonds. The van der Waals surface area contributed by atoms with E-state index < -0.39 is 107 Å². The van der Waals surface area contributed by atoms with Crippen molar-refractivity contribution in [1.82, 2.24) is 10.6 Å². The predicted octanol–water partition coefficient (Wildman–Crippen LogP) is 2.15. The molecule has 3 rings (SSSR count). The second kappa shape index (κ2) is 24.5. The number of ether oxygens (including phenoxy) is 10. The van der Waals surface area contributed by atoms with Gasteiger partial charge in [0.25, 0.3) is 16.0 Å². The molecule has 1 heterocycles. The number of benzene rings is 2. The average molecular weight is 937 g/mol. The van der Waals surface area contributed by atoms with Crippen LogP contribution in [-0.4, -0.2) is 146 Å². The van der Waals surface area contributed by atoms with Crippen molar-refractivity contribution in [2.45, 2.75) is 101 Å². The molecule has 0 spiro atoms. The quantitative estimate of drug-likeness (QED) is 0.0563. The molecule has 1 aliphatic heterocycles. The van der Waals surface area contributed by atoms with Gasteiger partial charge in [0, 0.05) is 26.3 Å². The summed E-state index contributed by atoms with van der Waals surface area (Å²) in [6.07, 6.45) is -4.16. The van der Waals surface area contributed by atoms with Crippen LogP contribution in [-0.2, 0) is 76.1 Å². The summed E-state index contributed by atoms with van der Waals surface area (Å²) in [5.41, 5.74) is -0.479. The summed E-state index contributed by atoms with van der Waals surface area (Å²) in [4.78, 5) is 81.0. The van der Waals surface area contributed by atoms with E-state index in [-0.39, 0.29) is 42.6 Å². The van der Waals surface area contributed by atoms with Crippen LogP contribution in [0.25, 0.3) is 0 Å². The number of hydrogen-bond donors (Lipinski definition) is 2. The molecule has 0 aromatic heterocycles. The maximum Gasteiger partial charge on any atom is 0.408 e. The number of amides is 2. The van der Waals surface area contributed by atoms with Gasteiger partial charge in [-0.15, -0.1) is 6.42 Å². The standard InChI is InChI=1S/C43H56N2O19S/c1-11-19-56-20-21-57-22-23-58-43(40(50)55-10)38(62-29(5)48)35(44-39(49)30-13-12-14-31(24-30)54-9)34(45-41(51)64-42(6,7)8)37(63-43)36(61-28(4)47)33(60-27(3)46)25-59-65(52,53)32-17-15-26(2)16-18-32/h1,12-18,24,33-38H,19-23,25H2,2-10H3,(H,44,49)(H,45,51)/t33-,34-,35-,36-,37-,38+,43-/m1/s1. The lowest BCUT2D eigenvalue weighted by Crippen LogP contribution is -2.78. The predicted molar refractivity (Wildman–Crippen MR) is 224 cm³/mol. The first kappa shape index (κ1) is 53.5. The second-order valence-electron chi connectivity index (χ2n) is 15.2. The van der Waals surface area contributed by atoms with Gasteiger partial charge in [-0.3, -0.25) is 23.4 Å². The van der Waals surface area contributed by atoms with E-state index in [1.165, 1.54) is 70.3 Å². The second-order valence-corrected chi connectivity index (χ2v) is 16.8. The Morgan fingerprint density at radius 1 is 0.862 bits per heavy atom. The van der Waals surface area contributed by atoms with Gasteiger partial charge in [0.1, 0.15) is 30.7 Å². The molecule has 22 heteroatoms. The topological polar surface area (TPSA) is 262 Å². The lowest BCUT2D eigenvalue weighted by Gasteiger charge is -2.52. The van der Waals surface area contributed by atoms with Gasteiger partial charge in [0.2, 0.25) is 0 Å². The highest BCUT2D eigenvalue weighted by Crippen LogP contribution is 2.38. The van der Waals surface area contributed by atoms with Crippen molar-refractivity contribution in [2.24, 2.45) is 0 Å². The van der Waals surface area contributed by atoms with Crippen molar-refractivity contribution in [1.29, 1.82) is 0 Å². The molecule has 1 fully saturated rings. The van der Waals surface area contributed by atoms with Gasteiger partial charge in [-0.1, -0.05) is 29.7 Å². The summed E-state index contributed by atoms with van der Waals surface area (Å²) in [5, 5.41) is 5.23. The Labute approximate surface area is 377 Å². The first-order valence-corrected chi connectivity index (χ1v) is 21.4. The Morgan fingerprint density at radius 3 is 2.09 bits per heavy atom. The van der Waals surface area contributed by atoms with E-state index >= 15 is 0 Å². The highest BCUT2D eigenvalue weighted by atomic mass is 32.2. The van der Waals surface area contributed by atoms with Crippen LogP contribution in [0.5, 0.6) is 5.75 Å². The number of alkyl carbamates (subject to hydrolysis) is 1. The normalized spacial score (nSPS) is 20.4. The van der Waals surface area contributed by atoms with Crippen LogP contribution in [0.1, 0.15) is 57.5 Å². The number of nitrogens with one attached hydrogen (secondary N) is 2. The molecular formula is C43H56N2O19S. The molecule has 21 nitrogen and oxygen atoms in total. The molecule has 358 valence electrons. The van der Waals surface area contributed by atoms with E-state index in [2.05, 4.69) is 16.6 Å². The molecule has 0 saturated carbocycles. The molecule has 65 heavy (non-hydrogen) atoms. The number of terminal acetylenes is 1. The van der Waals surface area contributed by atoms with E-state index in [4.69, 9.17) is 58.0 Å². The lowest BCUT2D eigenvalue weighted by atomic mass is 9.83. The molecule has 1 saturated heterocycles. The summed E-state index contributed by atoms with van der Waals surface area (Å²) < 4.78 is 88.7. The monoisotopic (exact) mass is 936 g/mol. The zero-order valence-electron chi connectivity index (χ0n) is 37.6. The van der Waals surface area contributed by atoms with Crippen molar-refractivity contribution < 1.29 is 88.7 Å². The van der Waals surface area contributed by atoms with Crippen LogP contribution in [0, 0.1) is 19.3 Å². The smallest absolute Gasteiger partial charge is 0.408 e. The Bertz CT molecular complexity index is 2120. The van der Waals surface area contributed by atoms with E-state index in [1.807, 2.05) is 0 Å². The fourth-order valence-corrected chi connectivity index (χ4v) is 7.24. The highest BCUT2D eigenvalue weighted by Gasteiger charge is 2.66. The fourth-order valence-electron chi connectivity index (χ4n) is 6.32. The van der Waals surface area contributed by atoms with Crippen molar-refractivity contribution in [3.63, 3.8) is 0 Å². The number of carbonyl (C=O) groups is 6. The Balaban J connectivity index is 2.38. The van der Waals surface area contributed by atoms with E-state index in [1.54, 1.807) is 13.0 Å². The van der Waals surface area contributed by atoms with Crippen LogP contribution < -0.4 is 15.4 Å². The van der Waals surface area contributed by atoms with Gasteiger partial charge in [0.05, 0.1) is 57.6 Å². The first-order valence-electron chi connectivity index (χ1n) is 20.0. The molecule has 2 N–H and O–H groups in total. The summed E-state index contributed by atoms with van der Waals surface area (Å²) in [5.74, 6) is -5.92. The maximum absolute atomic E-state index is 14.3. The Hall–Kier alpha value is -5.83. The number of hydrogen-bond acceptors (Lipinski definition) is 19. The molecule has 7 atom stereocenters. The first-order chi connectivity index (χ1) is 30.6. The highest BCUT2D eigenvalue weighted by molar-refractivity contribution is 7.86. The average Bonchev–Trinajstić information content (AvgIpc) is 3.23. The molecule has 0 unspecified atom stereocenters. The number of carbonyl (C=O) groups excluding carboxylic acids is 6. The minimum atomic E-state index is -4.62. The molecule has 2 aromatic rings. The van der Waals surface area contributed by atoms with Crippen LogP contribution in [0.4, 0.5) is 4.79 Å². The van der Waals surface area contributed by atoms with Gasteiger partial charge >= 0.3 is 35.8 Å². The van der Waals surface area contributed by atoms with Crippen LogP contribution in [0.15, 0.2) is 53.4 Å². The van der Waals surface area contributed by atoms with E-state index in [0.29, 0.717) is 0 Å². The summed E-state index contributed by atoms with van der Waals surface area (Å²) in [6, 6.07) is 7.62. The van der Waals surface area contributed by atoms with Crippen molar-refractivity contribution in [3.8, 4) is 18.1 Å². The minimum Gasteiger partial charge on any atom is -0.497 e. The van der Waals surface area contributed by atoms with Crippen molar-refractivity contribution in [2.75, 3.05) is 53.9 Å². The molecule has 1 aliphatic rings. The number of esters is 4. The molecule has 0 aliphatic carbocycles. The van der Waals surface area contributed by atoms with Gasteiger partial charge in [-0.05, 0) is 58.0 Å².